The molecule has 8 heteroatoms. The van der Waals surface area contributed by atoms with E-state index in [0.717, 1.165) is 12.8 Å². The van der Waals surface area contributed by atoms with Crippen LogP contribution < -0.4 is 10.7 Å². The lowest BCUT2D eigenvalue weighted by Gasteiger charge is -2.31. The average Bonchev–Trinajstić information content (AvgIpc) is 2.64. The first kappa shape index (κ1) is 22.0. The van der Waals surface area contributed by atoms with Crippen molar-refractivity contribution in [2.24, 2.45) is 5.92 Å². The molecule has 2 N–H and O–H groups in total. The van der Waals surface area contributed by atoms with Crippen LogP contribution in [0.4, 0.5) is 0 Å². The van der Waals surface area contributed by atoms with Crippen molar-refractivity contribution in [2.45, 2.75) is 46.1 Å². The minimum atomic E-state index is -0.448. The first-order valence-corrected chi connectivity index (χ1v) is 9.09. The SMILES string of the molecule is CCC[C@H](C(=O)NCCOC)N(CCC(C)C)NC(=O)c1cnccn1. The van der Waals surface area contributed by atoms with Gasteiger partial charge in [0.25, 0.3) is 5.91 Å². The molecule has 0 saturated heterocycles. The third-order valence-corrected chi connectivity index (χ3v) is 3.83. The quantitative estimate of drug-likeness (QED) is 0.429. The van der Waals surface area contributed by atoms with E-state index in [1.54, 1.807) is 12.1 Å². The minimum absolute atomic E-state index is 0.118. The zero-order valence-corrected chi connectivity index (χ0v) is 16.2. The standard InChI is InChI=1S/C18H31N5O3/c1-5-6-16(18(25)21-10-12-26-4)23(11-7-14(2)3)22-17(24)15-13-19-8-9-20-15/h8-9,13-14,16H,5-7,10-12H2,1-4H3,(H,21,25)(H,22,24)/t16-/m1/s1. The van der Waals surface area contributed by atoms with Crippen LogP contribution in [-0.2, 0) is 9.53 Å². The molecule has 1 heterocycles. The molecule has 8 nitrogen and oxygen atoms in total. The number of amides is 2. The number of ether oxygens (including phenoxy) is 1. The Morgan fingerprint density at radius 2 is 2.04 bits per heavy atom. The normalized spacial score (nSPS) is 12.2. The Hall–Kier alpha value is -2.06. The summed E-state index contributed by atoms with van der Waals surface area (Å²) in [5.41, 5.74) is 3.06. The molecule has 0 saturated carbocycles. The molecule has 0 aromatic carbocycles. The van der Waals surface area contributed by atoms with Gasteiger partial charge in [-0.15, -0.1) is 0 Å². The van der Waals surface area contributed by atoms with Crippen molar-refractivity contribution in [2.75, 3.05) is 26.8 Å². The summed E-state index contributed by atoms with van der Waals surface area (Å²) >= 11 is 0. The second-order valence-corrected chi connectivity index (χ2v) is 6.50. The van der Waals surface area contributed by atoms with Crippen LogP contribution in [0, 0.1) is 5.92 Å². The van der Waals surface area contributed by atoms with Crippen molar-refractivity contribution >= 4 is 11.8 Å². The maximum Gasteiger partial charge on any atom is 0.285 e. The summed E-state index contributed by atoms with van der Waals surface area (Å²) in [5.74, 6) is -0.0375. The summed E-state index contributed by atoms with van der Waals surface area (Å²) in [5, 5.41) is 4.59. The maximum atomic E-state index is 12.6. The highest BCUT2D eigenvalue weighted by Crippen LogP contribution is 2.10. The van der Waals surface area contributed by atoms with Crippen LogP contribution in [-0.4, -0.2) is 59.6 Å². The molecule has 1 aromatic rings. The van der Waals surface area contributed by atoms with Crippen LogP contribution in [0.2, 0.25) is 0 Å². The fraction of sp³-hybridized carbons (Fsp3) is 0.667. The van der Waals surface area contributed by atoms with Gasteiger partial charge in [0.2, 0.25) is 5.91 Å². The Balaban J connectivity index is 2.87. The monoisotopic (exact) mass is 365 g/mol. The molecule has 1 atom stereocenters. The van der Waals surface area contributed by atoms with Crippen LogP contribution in [0.1, 0.15) is 50.5 Å². The first-order chi connectivity index (χ1) is 12.5. The van der Waals surface area contributed by atoms with Crippen molar-refractivity contribution in [3.05, 3.63) is 24.3 Å². The third-order valence-electron chi connectivity index (χ3n) is 3.83. The summed E-state index contributed by atoms with van der Waals surface area (Å²) in [4.78, 5) is 33.0. The van der Waals surface area contributed by atoms with Crippen molar-refractivity contribution in [1.29, 1.82) is 0 Å². The van der Waals surface area contributed by atoms with Crippen LogP contribution in [0.15, 0.2) is 18.6 Å². The lowest BCUT2D eigenvalue weighted by molar-refractivity contribution is -0.128. The Morgan fingerprint density at radius 1 is 1.27 bits per heavy atom. The van der Waals surface area contributed by atoms with E-state index >= 15 is 0 Å². The van der Waals surface area contributed by atoms with E-state index in [1.165, 1.54) is 18.6 Å². The zero-order valence-electron chi connectivity index (χ0n) is 16.2. The Morgan fingerprint density at radius 3 is 2.62 bits per heavy atom. The van der Waals surface area contributed by atoms with E-state index in [9.17, 15) is 9.59 Å². The number of rotatable bonds is 12. The summed E-state index contributed by atoms with van der Waals surface area (Å²) < 4.78 is 4.98. The molecule has 0 spiro atoms. The van der Waals surface area contributed by atoms with Gasteiger partial charge in [-0.25, -0.2) is 9.99 Å². The van der Waals surface area contributed by atoms with Gasteiger partial charge >= 0.3 is 0 Å². The number of carbonyl (C=O) groups excluding carboxylic acids is 2. The Labute approximate surface area is 155 Å². The summed E-state index contributed by atoms with van der Waals surface area (Å²) in [6.45, 7) is 7.69. The number of methoxy groups -OCH3 is 1. The molecular weight excluding hydrogens is 334 g/mol. The van der Waals surface area contributed by atoms with Gasteiger partial charge in [-0.1, -0.05) is 27.2 Å². The van der Waals surface area contributed by atoms with Gasteiger partial charge in [0.15, 0.2) is 0 Å². The topological polar surface area (TPSA) is 96.5 Å². The largest absolute Gasteiger partial charge is 0.383 e. The van der Waals surface area contributed by atoms with Gasteiger partial charge in [0.1, 0.15) is 11.7 Å². The van der Waals surface area contributed by atoms with Crippen LogP contribution in [0.3, 0.4) is 0 Å². The highest BCUT2D eigenvalue weighted by Gasteiger charge is 2.27. The minimum Gasteiger partial charge on any atom is -0.383 e. The molecule has 2 amide bonds. The van der Waals surface area contributed by atoms with Gasteiger partial charge < -0.3 is 10.1 Å². The molecule has 0 fully saturated rings. The average molecular weight is 365 g/mol. The van der Waals surface area contributed by atoms with Gasteiger partial charge in [-0.2, -0.15) is 0 Å². The van der Waals surface area contributed by atoms with Crippen LogP contribution in [0.25, 0.3) is 0 Å². The zero-order chi connectivity index (χ0) is 19.4. The molecule has 0 aliphatic rings. The van der Waals surface area contributed by atoms with Gasteiger partial charge in [-0.3, -0.25) is 20.0 Å². The van der Waals surface area contributed by atoms with Crippen molar-refractivity contribution in [3.63, 3.8) is 0 Å². The smallest absolute Gasteiger partial charge is 0.285 e. The van der Waals surface area contributed by atoms with E-state index in [1.807, 2.05) is 6.92 Å². The third kappa shape index (κ3) is 7.88. The second-order valence-electron chi connectivity index (χ2n) is 6.50. The number of hydrazine groups is 1. The Kier molecular flexibility index (Phi) is 10.4. The summed E-state index contributed by atoms with van der Waals surface area (Å²) in [6, 6.07) is -0.448. The lowest BCUT2D eigenvalue weighted by atomic mass is 10.1. The van der Waals surface area contributed by atoms with E-state index in [2.05, 4.69) is 34.6 Å². The first-order valence-electron chi connectivity index (χ1n) is 9.09. The number of nitrogens with one attached hydrogen (secondary N) is 2. The molecule has 0 radical (unpaired) electrons. The predicted molar refractivity (Wildman–Crippen MR) is 99.2 cm³/mol. The highest BCUT2D eigenvalue weighted by atomic mass is 16.5. The molecule has 1 aromatic heterocycles. The van der Waals surface area contributed by atoms with E-state index in [-0.39, 0.29) is 17.5 Å². The predicted octanol–water partition coefficient (Wildman–Crippen LogP) is 1.40. The van der Waals surface area contributed by atoms with Crippen LogP contribution in [0.5, 0.6) is 0 Å². The van der Waals surface area contributed by atoms with E-state index in [4.69, 9.17) is 4.74 Å². The number of aromatic nitrogens is 2. The van der Waals surface area contributed by atoms with Crippen molar-refractivity contribution in [3.8, 4) is 0 Å². The molecule has 1 rings (SSSR count). The maximum absolute atomic E-state index is 12.6. The molecule has 0 bridgehead atoms. The molecule has 0 aliphatic carbocycles. The van der Waals surface area contributed by atoms with E-state index < -0.39 is 6.04 Å². The lowest BCUT2D eigenvalue weighted by Crippen LogP contribution is -2.55. The molecular formula is C18H31N5O3. The number of nitrogens with zero attached hydrogens (tertiary/aromatic N) is 3. The fourth-order valence-corrected chi connectivity index (χ4v) is 2.39. The molecule has 0 unspecified atom stereocenters. The van der Waals surface area contributed by atoms with Crippen LogP contribution >= 0.6 is 0 Å². The van der Waals surface area contributed by atoms with Gasteiger partial charge in [0, 0.05) is 32.6 Å². The molecule has 0 aliphatic heterocycles. The summed E-state index contributed by atoms with van der Waals surface area (Å²) in [6.07, 6.45) is 6.69. The van der Waals surface area contributed by atoms with Crippen molar-refractivity contribution in [1.82, 2.24) is 25.7 Å². The Bertz CT molecular complexity index is 539. The highest BCUT2D eigenvalue weighted by molar-refractivity contribution is 5.92. The number of carbonyl (C=O) groups is 2. The van der Waals surface area contributed by atoms with Gasteiger partial charge in [0.05, 0.1) is 12.8 Å². The second kappa shape index (κ2) is 12.3. The number of hydrogen-bond acceptors (Lipinski definition) is 6. The summed E-state index contributed by atoms with van der Waals surface area (Å²) in [7, 11) is 1.59. The van der Waals surface area contributed by atoms with Crippen molar-refractivity contribution < 1.29 is 14.3 Å². The van der Waals surface area contributed by atoms with E-state index in [0.29, 0.717) is 32.0 Å². The number of hydrogen-bond donors (Lipinski definition) is 2. The van der Waals surface area contributed by atoms with Gasteiger partial charge in [-0.05, 0) is 18.8 Å². The fourth-order valence-electron chi connectivity index (χ4n) is 2.39. The molecule has 26 heavy (non-hydrogen) atoms. The molecule has 146 valence electrons.